The number of furan rings is 1. The molecule has 29 heavy (non-hydrogen) atoms. The normalized spacial score (nSPS) is 11.4. The highest BCUT2D eigenvalue weighted by molar-refractivity contribution is 7.19. The van der Waals surface area contributed by atoms with Gasteiger partial charge in [-0.3, -0.25) is 0 Å². The van der Waals surface area contributed by atoms with Crippen LogP contribution < -0.4 is 0 Å². The number of benzene rings is 2. The van der Waals surface area contributed by atoms with Crippen molar-refractivity contribution in [1.82, 2.24) is 4.98 Å². The molecule has 0 aliphatic rings. The molecule has 0 aliphatic heterocycles. The van der Waals surface area contributed by atoms with Gasteiger partial charge >= 0.3 is 5.97 Å². The van der Waals surface area contributed by atoms with E-state index in [1.54, 1.807) is 37.3 Å². The fourth-order valence-electron chi connectivity index (χ4n) is 2.87. The molecule has 0 bridgehead atoms. The molecule has 4 aromatic rings. The largest absolute Gasteiger partial charge is 0.462 e. The molecule has 0 aliphatic carbocycles. The first-order valence-electron chi connectivity index (χ1n) is 9.03. The fraction of sp³-hybridized carbons (Fsp3) is 0.0870. The van der Waals surface area contributed by atoms with E-state index in [0.29, 0.717) is 34.3 Å². The van der Waals surface area contributed by atoms with Gasteiger partial charge in [-0.25, -0.2) is 9.78 Å². The van der Waals surface area contributed by atoms with E-state index >= 15 is 0 Å². The number of para-hydroxylation sites is 1. The van der Waals surface area contributed by atoms with Crippen molar-refractivity contribution < 1.29 is 13.9 Å². The zero-order valence-electron chi connectivity index (χ0n) is 15.6. The molecule has 0 atom stereocenters. The standard InChI is InChI=1S/C23H16N2O3S/c1-2-27-23(26)16-7-5-6-15(12-16)20-11-10-18(28-20)13-17(14-24)22-25-19-8-3-4-9-21(19)29-22/h3-13H,2H2,1H3/b17-13+. The molecule has 0 radical (unpaired) electrons. The Labute approximate surface area is 171 Å². The van der Waals surface area contributed by atoms with E-state index in [-0.39, 0.29) is 5.97 Å². The minimum Gasteiger partial charge on any atom is -0.462 e. The van der Waals surface area contributed by atoms with Crippen molar-refractivity contribution in [2.45, 2.75) is 6.92 Å². The Hall–Kier alpha value is -3.69. The van der Waals surface area contributed by atoms with Crippen LogP contribution in [0.5, 0.6) is 0 Å². The summed E-state index contributed by atoms with van der Waals surface area (Å²) >= 11 is 1.47. The zero-order chi connectivity index (χ0) is 20.2. The van der Waals surface area contributed by atoms with Gasteiger partial charge in [0.1, 0.15) is 22.6 Å². The molecule has 5 nitrogen and oxygen atoms in total. The van der Waals surface area contributed by atoms with Crippen molar-refractivity contribution in [1.29, 1.82) is 5.26 Å². The summed E-state index contributed by atoms with van der Waals surface area (Å²) in [6, 6.07) is 20.6. The minimum atomic E-state index is -0.372. The number of allylic oxidation sites excluding steroid dienone is 1. The van der Waals surface area contributed by atoms with Gasteiger partial charge in [0.05, 0.1) is 28.0 Å². The summed E-state index contributed by atoms with van der Waals surface area (Å²) in [5, 5.41) is 10.2. The Morgan fingerprint density at radius 3 is 2.86 bits per heavy atom. The molecule has 2 heterocycles. The number of nitrogens with zero attached hydrogens (tertiary/aromatic N) is 2. The van der Waals surface area contributed by atoms with Crippen LogP contribution in [0, 0.1) is 11.3 Å². The third-order valence-corrected chi connectivity index (χ3v) is 5.29. The first-order chi connectivity index (χ1) is 14.2. The molecule has 142 valence electrons. The van der Waals surface area contributed by atoms with Crippen molar-refractivity contribution >= 4 is 39.2 Å². The number of rotatable bonds is 5. The topological polar surface area (TPSA) is 76.1 Å². The zero-order valence-corrected chi connectivity index (χ0v) is 16.4. The van der Waals surface area contributed by atoms with Gasteiger partial charge in [0.15, 0.2) is 0 Å². The maximum atomic E-state index is 11.9. The molecule has 0 unspecified atom stereocenters. The van der Waals surface area contributed by atoms with Gasteiger partial charge in [0, 0.05) is 11.6 Å². The summed E-state index contributed by atoms with van der Waals surface area (Å²) in [6.45, 7) is 2.09. The number of thiazole rings is 1. The SMILES string of the molecule is CCOC(=O)c1cccc(-c2ccc(/C=C(\C#N)c3nc4ccccc4s3)o2)c1. The smallest absolute Gasteiger partial charge is 0.338 e. The first kappa shape index (κ1) is 18.7. The predicted molar refractivity (Wildman–Crippen MR) is 113 cm³/mol. The van der Waals surface area contributed by atoms with E-state index in [2.05, 4.69) is 11.1 Å². The highest BCUT2D eigenvalue weighted by Gasteiger charge is 2.12. The highest BCUT2D eigenvalue weighted by atomic mass is 32.1. The number of nitriles is 1. The van der Waals surface area contributed by atoms with Crippen LogP contribution in [0.3, 0.4) is 0 Å². The molecular formula is C23H16N2O3S. The molecule has 4 rings (SSSR count). The monoisotopic (exact) mass is 400 g/mol. The van der Waals surface area contributed by atoms with E-state index in [0.717, 1.165) is 15.8 Å². The Morgan fingerprint density at radius 1 is 1.21 bits per heavy atom. The van der Waals surface area contributed by atoms with Crippen LogP contribution in [0.2, 0.25) is 0 Å². The van der Waals surface area contributed by atoms with Gasteiger partial charge in [0.2, 0.25) is 0 Å². The lowest BCUT2D eigenvalue weighted by Crippen LogP contribution is -2.04. The molecule has 2 aromatic carbocycles. The minimum absolute atomic E-state index is 0.321. The Kier molecular flexibility index (Phi) is 5.23. The summed E-state index contributed by atoms with van der Waals surface area (Å²) in [5.74, 6) is 0.768. The number of esters is 1. The van der Waals surface area contributed by atoms with Crippen molar-refractivity contribution in [3.05, 3.63) is 77.0 Å². The Morgan fingerprint density at radius 2 is 2.07 bits per heavy atom. The molecule has 0 saturated carbocycles. The highest BCUT2D eigenvalue weighted by Crippen LogP contribution is 2.30. The quantitative estimate of drug-likeness (QED) is 0.313. The van der Waals surface area contributed by atoms with Crippen molar-refractivity contribution in [3.8, 4) is 17.4 Å². The molecule has 0 spiro atoms. The van der Waals surface area contributed by atoms with Crippen LogP contribution in [0.4, 0.5) is 0 Å². The number of carbonyl (C=O) groups is 1. The average molecular weight is 400 g/mol. The Balaban J connectivity index is 1.64. The van der Waals surface area contributed by atoms with E-state index in [9.17, 15) is 10.1 Å². The van der Waals surface area contributed by atoms with Crippen LogP contribution in [-0.2, 0) is 4.74 Å². The van der Waals surface area contributed by atoms with E-state index in [1.807, 2.05) is 36.4 Å². The van der Waals surface area contributed by atoms with Gasteiger partial charge in [-0.15, -0.1) is 11.3 Å². The molecular weight excluding hydrogens is 384 g/mol. The van der Waals surface area contributed by atoms with Gasteiger partial charge < -0.3 is 9.15 Å². The molecule has 0 N–H and O–H groups in total. The second kappa shape index (κ2) is 8.13. The molecule has 0 fully saturated rings. The lowest BCUT2D eigenvalue weighted by molar-refractivity contribution is 0.0526. The lowest BCUT2D eigenvalue weighted by Gasteiger charge is -2.03. The lowest BCUT2D eigenvalue weighted by atomic mass is 10.1. The first-order valence-corrected chi connectivity index (χ1v) is 9.84. The van der Waals surface area contributed by atoms with Crippen molar-refractivity contribution in [2.75, 3.05) is 6.61 Å². The molecule has 6 heteroatoms. The maximum absolute atomic E-state index is 11.9. The maximum Gasteiger partial charge on any atom is 0.338 e. The van der Waals surface area contributed by atoms with Gasteiger partial charge in [0.25, 0.3) is 0 Å². The Bertz CT molecular complexity index is 1230. The third-order valence-electron chi connectivity index (χ3n) is 4.22. The van der Waals surface area contributed by atoms with Crippen LogP contribution in [0.1, 0.15) is 28.0 Å². The summed E-state index contributed by atoms with van der Waals surface area (Å²) < 4.78 is 12.0. The summed E-state index contributed by atoms with van der Waals surface area (Å²) in [7, 11) is 0. The van der Waals surface area contributed by atoms with E-state index in [1.165, 1.54) is 11.3 Å². The summed E-state index contributed by atoms with van der Waals surface area (Å²) in [5.41, 5.74) is 2.52. The summed E-state index contributed by atoms with van der Waals surface area (Å²) in [6.07, 6.45) is 1.68. The van der Waals surface area contributed by atoms with Gasteiger partial charge in [-0.2, -0.15) is 5.26 Å². The van der Waals surface area contributed by atoms with E-state index in [4.69, 9.17) is 9.15 Å². The second-order valence-electron chi connectivity index (χ2n) is 6.16. The summed E-state index contributed by atoms with van der Waals surface area (Å²) in [4.78, 5) is 16.5. The third kappa shape index (κ3) is 3.96. The van der Waals surface area contributed by atoms with E-state index < -0.39 is 0 Å². The average Bonchev–Trinajstić information content (AvgIpc) is 3.39. The fourth-order valence-corrected chi connectivity index (χ4v) is 3.80. The van der Waals surface area contributed by atoms with Crippen LogP contribution in [-0.4, -0.2) is 17.6 Å². The molecule has 0 saturated heterocycles. The number of fused-ring (bicyclic) bond motifs is 1. The van der Waals surface area contributed by atoms with Crippen LogP contribution in [0.25, 0.3) is 33.2 Å². The number of aromatic nitrogens is 1. The number of hydrogen-bond acceptors (Lipinski definition) is 6. The second-order valence-corrected chi connectivity index (χ2v) is 7.19. The number of ether oxygens (including phenoxy) is 1. The predicted octanol–water partition coefficient (Wildman–Crippen LogP) is 5.80. The molecule has 0 amide bonds. The molecule has 2 aromatic heterocycles. The number of hydrogen-bond donors (Lipinski definition) is 0. The van der Waals surface area contributed by atoms with Gasteiger partial charge in [-0.1, -0.05) is 24.3 Å². The van der Waals surface area contributed by atoms with Crippen LogP contribution in [0.15, 0.2) is 65.1 Å². The van der Waals surface area contributed by atoms with Crippen LogP contribution >= 0.6 is 11.3 Å². The van der Waals surface area contributed by atoms with Crippen molar-refractivity contribution in [3.63, 3.8) is 0 Å². The van der Waals surface area contributed by atoms with Gasteiger partial charge in [-0.05, 0) is 43.3 Å². The number of carbonyl (C=O) groups excluding carboxylic acids is 1. The van der Waals surface area contributed by atoms with Crippen molar-refractivity contribution in [2.24, 2.45) is 0 Å².